The van der Waals surface area contributed by atoms with Crippen LogP contribution in [0, 0.1) is 10.1 Å². The predicted octanol–water partition coefficient (Wildman–Crippen LogP) is 1.71. The number of aryl methyl sites for hydroxylation is 1. The van der Waals surface area contributed by atoms with E-state index in [0.29, 0.717) is 18.4 Å². The summed E-state index contributed by atoms with van der Waals surface area (Å²) < 4.78 is 0. The number of carboxylic acids is 1. The third kappa shape index (κ3) is 3.23. The maximum atomic E-state index is 10.4. The fraction of sp³-hybridized carbons (Fsp3) is 0.300. The molecule has 0 fully saturated rings. The van der Waals surface area contributed by atoms with Crippen molar-refractivity contribution in [3.05, 3.63) is 33.9 Å². The minimum Gasteiger partial charge on any atom is -0.502 e. The second kappa shape index (κ2) is 5.11. The predicted molar refractivity (Wildman–Crippen MR) is 55.3 cm³/mol. The molecule has 1 rings (SSSR count). The van der Waals surface area contributed by atoms with Crippen LogP contribution in [0.15, 0.2) is 18.2 Å². The molecule has 0 atom stereocenters. The van der Waals surface area contributed by atoms with Crippen LogP contribution in [0.1, 0.15) is 18.4 Å². The topological polar surface area (TPSA) is 101 Å². The molecule has 6 nitrogen and oxygen atoms in total. The Labute approximate surface area is 91.3 Å². The van der Waals surface area contributed by atoms with Crippen LogP contribution in [-0.4, -0.2) is 21.1 Å². The van der Waals surface area contributed by atoms with Gasteiger partial charge in [0.15, 0.2) is 5.75 Å². The fourth-order valence-electron chi connectivity index (χ4n) is 1.32. The molecule has 0 saturated heterocycles. The van der Waals surface area contributed by atoms with Gasteiger partial charge in [-0.25, -0.2) is 0 Å². The number of phenols is 1. The summed E-state index contributed by atoms with van der Waals surface area (Å²) in [5.74, 6) is -1.27. The van der Waals surface area contributed by atoms with Crippen molar-refractivity contribution < 1.29 is 19.9 Å². The quantitative estimate of drug-likeness (QED) is 0.586. The summed E-state index contributed by atoms with van der Waals surface area (Å²) in [5, 5.41) is 28.1. The maximum absolute atomic E-state index is 10.4. The zero-order valence-electron chi connectivity index (χ0n) is 8.42. The third-order valence-electron chi connectivity index (χ3n) is 2.09. The Morgan fingerprint density at radius 1 is 1.44 bits per heavy atom. The van der Waals surface area contributed by atoms with Crippen molar-refractivity contribution in [3.8, 4) is 5.75 Å². The standard InChI is InChI=1S/C10H11NO5/c12-9-6-7(2-1-3-10(13)14)4-5-8(9)11(15)16/h4-6,12H,1-3H2,(H,13,14). The van der Waals surface area contributed by atoms with Gasteiger partial charge in [-0.05, 0) is 24.5 Å². The van der Waals surface area contributed by atoms with Gasteiger partial charge in [-0.1, -0.05) is 6.07 Å². The molecule has 6 heteroatoms. The van der Waals surface area contributed by atoms with E-state index in [2.05, 4.69) is 0 Å². The molecule has 0 aliphatic carbocycles. The summed E-state index contributed by atoms with van der Waals surface area (Å²) in [5.41, 5.74) is 0.339. The fourth-order valence-corrected chi connectivity index (χ4v) is 1.32. The number of nitro groups is 1. The normalized spacial score (nSPS) is 10.0. The van der Waals surface area contributed by atoms with Gasteiger partial charge in [0.1, 0.15) is 0 Å². The Balaban J connectivity index is 2.66. The number of benzene rings is 1. The number of aliphatic carboxylic acids is 1. The molecular weight excluding hydrogens is 214 g/mol. The minimum atomic E-state index is -0.883. The smallest absolute Gasteiger partial charge is 0.310 e. The molecule has 0 bridgehead atoms. The number of hydrogen-bond acceptors (Lipinski definition) is 4. The Morgan fingerprint density at radius 2 is 2.12 bits per heavy atom. The summed E-state index contributed by atoms with van der Waals surface area (Å²) in [7, 11) is 0. The number of phenolic OH excluding ortho intramolecular Hbond substituents is 1. The molecule has 0 aliphatic heterocycles. The molecule has 0 radical (unpaired) electrons. The Bertz CT molecular complexity index is 416. The van der Waals surface area contributed by atoms with E-state index in [1.165, 1.54) is 18.2 Å². The highest BCUT2D eigenvalue weighted by Crippen LogP contribution is 2.26. The zero-order valence-corrected chi connectivity index (χ0v) is 8.42. The van der Waals surface area contributed by atoms with Crippen molar-refractivity contribution in [2.75, 3.05) is 0 Å². The maximum Gasteiger partial charge on any atom is 0.310 e. The summed E-state index contributed by atoms with van der Waals surface area (Å²) in [6, 6.07) is 4.02. The summed E-state index contributed by atoms with van der Waals surface area (Å²) in [6.07, 6.45) is 0.947. The third-order valence-corrected chi connectivity index (χ3v) is 2.09. The van der Waals surface area contributed by atoms with Gasteiger partial charge in [0.25, 0.3) is 0 Å². The van der Waals surface area contributed by atoms with Crippen molar-refractivity contribution >= 4 is 11.7 Å². The van der Waals surface area contributed by atoms with Gasteiger partial charge >= 0.3 is 11.7 Å². The molecule has 0 heterocycles. The van der Waals surface area contributed by atoms with Gasteiger partial charge in [-0.2, -0.15) is 0 Å². The number of nitro benzene ring substituents is 1. The van der Waals surface area contributed by atoms with Crippen LogP contribution >= 0.6 is 0 Å². The molecule has 16 heavy (non-hydrogen) atoms. The molecule has 0 amide bonds. The number of rotatable bonds is 5. The zero-order chi connectivity index (χ0) is 12.1. The van der Waals surface area contributed by atoms with Gasteiger partial charge in [0.05, 0.1) is 4.92 Å². The van der Waals surface area contributed by atoms with Crippen LogP contribution in [0.4, 0.5) is 5.69 Å². The van der Waals surface area contributed by atoms with Crippen LogP contribution in [0.3, 0.4) is 0 Å². The lowest BCUT2D eigenvalue weighted by atomic mass is 10.1. The van der Waals surface area contributed by atoms with Crippen LogP contribution in [0.2, 0.25) is 0 Å². The number of carbonyl (C=O) groups is 1. The van der Waals surface area contributed by atoms with Gasteiger partial charge in [-0.3, -0.25) is 14.9 Å². The van der Waals surface area contributed by atoms with E-state index >= 15 is 0 Å². The first kappa shape index (κ1) is 12.0. The van der Waals surface area contributed by atoms with Crippen LogP contribution < -0.4 is 0 Å². The van der Waals surface area contributed by atoms with E-state index in [-0.39, 0.29) is 12.1 Å². The van der Waals surface area contributed by atoms with Gasteiger partial charge in [0, 0.05) is 12.5 Å². The van der Waals surface area contributed by atoms with Crippen molar-refractivity contribution in [3.63, 3.8) is 0 Å². The molecule has 0 saturated carbocycles. The minimum absolute atomic E-state index is 0.0394. The average Bonchev–Trinajstić information content (AvgIpc) is 2.16. The Hall–Kier alpha value is -2.11. The molecule has 0 aliphatic rings. The lowest BCUT2D eigenvalue weighted by Crippen LogP contribution is -1.96. The van der Waals surface area contributed by atoms with Crippen LogP contribution in [-0.2, 0) is 11.2 Å². The molecule has 1 aromatic carbocycles. The van der Waals surface area contributed by atoms with E-state index in [4.69, 9.17) is 5.11 Å². The molecule has 86 valence electrons. The van der Waals surface area contributed by atoms with Crippen molar-refractivity contribution in [2.24, 2.45) is 0 Å². The molecule has 0 aromatic heterocycles. The molecule has 1 aromatic rings. The molecular formula is C10H11NO5. The first-order valence-electron chi connectivity index (χ1n) is 4.69. The van der Waals surface area contributed by atoms with E-state index < -0.39 is 16.6 Å². The van der Waals surface area contributed by atoms with Crippen molar-refractivity contribution in [1.29, 1.82) is 0 Å². The average molecular weight is 225 g/mol. The highest BCUT2D eigenvalue weighted by Gasteiger charge is 2.12. The van der Waals surface area contributed by atoms with E-state index in [1.54, 1.807) is 0 Å². The van der Waals surface area contributed by atoms with Gasteiger partial charge < -0.3 is 10.2 Å². The SMILES string of the molecule is O=C(O)CCCc1ccc([N+](=O)[O-])c(O)c1. The number of carboxylic acid groups (broad SMARTS) is 1. The van der Waals surface area contributed by atoms with Gasteiger partial charge in [-0.15, -0.1) is 0 Å². The first-order valence-corrected chi connectivity index (χ1v) is 4.69. The van der Waals surface area contributed by atoms with Crippen molar-refractivity contribution in [2.45, 2.75) is 19.3 Å². The second-order valence-corrected chi connectivity index (χ2v) is 3.33. The highest BCUT2D eigenvalue weighted by atomic mass is 16.6. The van der Waals surface area contributed by atoms with E-state index in [9.17, 15) is 20.0 Å². The summed E-state index contributed by atoms with van der Waals surface area (Å²) >= 11 is 0. The summed E-state index contributed by atoms with van der Waals surface area (Å²) in [4.78, 5) is 20.0. The Kier molecular flexibility index (Phi) is 3.82. The van der Waals surface area contributed by atoms with Crippen molar-refractivity contribution in [1.82, 2.24) is 0 Å². The first-order chi connectivity index (χ1) is 7.50. The van der Waals surface area contributed by atoms with Crippen LogP contribution in [0.25, 0.3) is 0 Å². The Morgan fingerprint density at radius 3 is 2.62 bits per heavy atom. The highest BCUT2D eigenvalue weighted by molar-refractivity contribution is 5.66. The number of nitrogens with zero attached hydrogens (tertiary/aromatic N) is 1. The molecule has 0 spiro atoms. The van der Waals surface area contributed by atoms with E-state index in [0.717, 1.165) is 0 Å². The molecule has 0 unspecified atom stereocenters. The van der Waals surface area contributed by atoms with Gasteiger partial charge in [0.2, 0.25) is 0 Å². The lowest BCUT2D eigenvalue weighted by molar-refractivity contribution is -0.385. The number of hydrogen-bond donors (Lipinski definition) is 2. The molecule has 2 N–H and O–H groups in total. The van der Waals surface area contributed by atoms with E-state index in [1.807, 2.05) is 0 Å². The monoisotopic (exact) mass is 225 g/mol. The largest absolute Gasteiger partial charge is 0.502 e. The second-order valence-electron chi connectivity index (χ2n) is 3.33. The van der Waals surface area contributed by atoms with Crippen LogP contribution in [0.5, 0.6) is 5.75 Å². The number of aromatic hydroxyl groups is 1. The lowest BCUT2D eigenvalue weighted by Gasteiger charge is -2.01. The summed E-state index contributed by atoms with van der Waals surface area (Å²) in [6.45, 7) is 0.